The van der Waals surface area contributed by atoms with Crippen molar-refractivity contribution < 1.29 is 32.3 Å². The van der Waals surface area contributed by atoms with Crippen LogP contribution < -0.4 is 14.8 Å². The minimum atomic E-state index is -3.33. The first-order valence-electron chi connectivity index (χ1n) is 9.16. The number of aliphatic hydroxyl groups excluding tert-OH is 1. The maximum atomic E-state index is 12.6. The molecule has 2 aromatic carbocycles. The predicted molar refractivity (Wildman–Crippen MR) is 110 cm³/mol. The summed E-state index contributed by atoms with van der Waals surface area (Å²) in [4.78, 5) is 16.7. The molecule has 1 atom stereocenters. The third-order valence-corrected chi connectivity index (χ3v) is 5.10. The normalized spacial score (nSPS) is 12.3. The number of carbonyl (C=O) groups excluding carboxylic acids is 1. The van der Waals surface area contributed by atoms with Crippen LogP contribution in [0.1, 0.15) is 23.1 Å². The highest BCUT2D eigenvalue weighted by Gasteiger charge is 2.15. The molecule has 0 aliphatic heterocycles. The van der Waals surface area contributed by atoms with Gasteiger partial charge in [0.05, 0.1) is 11.5 Å². The van der Waals surface area contributed by atoms with Gasteiger partial charge < -0.3 is 19.1 Å². The van der Waals surface area contributed by atoms with Crippen LogP contribution in [0.3, 0.4) is 0 Å². The summed E-state index contributed by atoms with van der Waals surface area (Å²) >= 11 is 0. The number of hydrogen-bond acceptors (Lipinski definition) is 9. The molecule has 0 bridgehead atoms. The zero-order chi connectivity index (χ0) is 22.6. The van der Waals surface area contributed by atoms with E-state index >= 15 is 0 Å². The number of ether oxygens (including phenoxy) is 2. The van der Waals surface area contributed by atoms with E-state index < -0.39 is 21.8 Å². The lowest BCUT2D eigenvalue weighted by Crippen LogP contribution is -2.17. The second kappa shape index (κ2) is 9.14. The van der Waals surface area contributed by atoms with E-state index in [4.69, 9.17) is 14.0 Å². The van der Waals surface area contributed by atoms with Gasteiger partial charge in [-0.25, -0.2) is 8.42 Å². The maximum Gasteiger partial charge on any atom is 0.328 e. The van der Waals surface area contributed by atoms with Gasteiger partial charge in [0.2, 0.25) is 0 Å². The van der Waals surface area contributed by atoms with Crippen molar-refractivity contribution in [2.45, 2.75) is 24.8 Å². The average Bonchev–Trinajstić information content (AvgIpc) is 3.12. The molecule has 31 heavy (non-hydrogen) atoms. The van der Waals surface area contributed by atoms with Gasteiger partial charge in [0, 0.05) is 17.9 Å². The highest BCUT2D eigenvalue weighted by atomic mass is 32.2. The molecular weight excluding hydrogens is 426 g/mol. The molecule has 164 valence electrons. The third kappa shape index (κ3) is 6.03. The summed E-state index contributed by atoms with van der Waals surface area (Å²) < 4.78 is 39.5. The number of carbonyl (C=O) groups is 1. The minimum absolute atomic E-state index is 0.0589. The summed E-state index contributed by atoms with van der Waals surface area (Å²) in [5.74, 6) is 0.743. The van der Waals surface area contributed by atoms with Crippen molar-refractivity contribution in [1.29, 1.82) is 0 Å². The summed E-state index contributed by atoms with van der Waals surface area (Å²) in [6.45, 7) is 3.06. The Kier molecular flexibility index (Phi) is 6.56. The van der Waals surface area contributed by atoms with Crippen molar-refractivity contribution in [3.05, 3.63) is 53.9 Å². The van der Waals surface area contributed by atoms with E-state index in [9.17, 15) is 18.3 Å². The maximum absolute atomic E-state index is 12.6. The van der Waals surface area contributed by atoms with Gasteiger partial charge in [-0.05, 0) is 50.2 Å². The van der Waals surface area contributed by atoms with Crippen molar-refractivity contribution in [1.82, 2.24) is 10.1 Å². The zero-order valence-electron chi connectivity index (χ0n) is 17.0. The summed E-state index contributed by atoms with van der Waals surface area (Å²) in [5, 5.41) is 15.3. The van der Waals surface area contributed by atoms with Crippen LogP contribution in [0.5, 0.6) is 17.2 Å². The van der Waals surface area contributed by atoms with Gasteiger partial charge in [-0.1, -0.05) is 5.16 Å². The van der Waals surface area contributed by atoms with E-state index in [0.29, 0.717) is 17.3 Å². The number of hydrogen-bond donors (Lipinski definition) is 2. The first-order valence-corrected chi connectivity index (χ1v) is 11.1. The summed E-state index contributed by atoms with van der Waals surface area (Å²) in [7, 11) is -3.33. The summed E-state index contributed by atoms with van der Waals surface area (Å²) in [5.41, 5.74) is 0.182. The Morgan fingerprint density at radius 3 is 2.42 bits per heavy atom. The van der Waals surface area contributed by atoms with Gasteiger partial charge in [-0.2, -0.15) is 4.98 Å². The number of anilines is 1. The van der Waals surface area contributed by atoms with Crippen molar-refractivity contribution in [3.8, 4) is 17.2 Å². The molecule has 3 rings (SSSR count). The van der Waals surface area contributed by atoms with Gasteiger partial charge in [-0.3, -0.25) is 10.1 Å². The number of rotatable bonds is 8. The number of sulfone groups is 1. The molecule has 3 aromatic rings. The topological polar surface area (TPSA) is 141 Å². The predicted octanol–water partition coefficient (Wildman–Crippen LogP) is 2.59. The molecule has 11 heteroatoms. The highest BCUT2D eigenvalue weighted by molar-refractivity contribution is 7.90. The first-order chi connectivity index (χ1) is 14.6. The van der Waals surface area contributed by atoms with Gasteiger partial charge in [0.25, 0.3) is 5.91 Å². The van der Waals surface area contributed by atoms with E-state index in [-0.39, 0.29) is 28.8 Å². The van der Waals surface area contributed by atoms with Crippen molar-refractivity contribution >= 4 is 21.8 Å². The van der Waals surface area contributed by atoms with Crippen LogP contribution in [0.25, 0.3) is 0 Å². The number of aromatic nitrogens is 2. The lowest BCUT2D eigenvalue weighted by molar-refractivity contribution is 0.102. The van der Waals surface area contributed by atoms with Crippen LogP contribution in [0, 0.1) is 6.92 Å². The molecule has 0 radical (unpaired) electrons. The molecule has 0 aliphatic carbocycles. The van der Waals surface area contributed by atoms with E-state index in [1.807, 2.05) is 0 Å². The molecule has 1 amide bonds. The molecule has 0 saturated heterocycles. The molecule has 0 aliphatic rings. The standard InChI is InChI=1S/C20H21N3O7S/c1-12(11-24)28-16-8-14(19(25)22-20-21-13(2)23-30-20)9-17(10-16)29-15-4-6-18(7-5-15)31(3,26)27/h4-10,12,24H,11H2,1-3H3,(H,21,22,23,25). The van der Waals surface area contributed by atoms with Crippen LogP contribution in [-0.4, -0.2) is 48.5 Å². The SMILES string of the molecule is Cc1noc(NC(=O)c2cc(Oc3ccc(S(C)(=O)=O)cc3)cc(OC(C)CO)c2)n1. The highest BCUT2D eigenvalue weighted by Crippen LogP contribution is 2.29. The largest absolute Gasteiger partial charge is 0.488 e. The number of benzene rings is 2. The van der Waals surface area contributed by atoms with Crippen molar-refractivity contribution in [3.63, 3.8) is 0 Å². The van der Waals surface area contributed by atoms with E-state index in [1.165, 1.54) is 36.4 Å². The Bertz CT molecular complexity index is 1170. The van der Waals surface area contributed by atoms with Gasteiger partial charge in [-0.15, -0.1) is 0 Å². The lowest BCUT2D eigenvalue weighted by Gasteiger charge is -2.15. The van der Waals surface area contributed by atoms with Crippen molar-refractivity contribution in [2.75, 3.05) is 18.2 Å². The fourth-order valence-corrected chi connectivity index (χ4v) is 3.14. The monoisotopic (exact) mass is 447 g/mol. The van der Waals surface area contributed by atoms with Gasteiger partial charge in [0.15, 0.2) is 15.7 Å². The van der Waals surface area contributed by atoms with E-state index in [0.717, 1.165) is 6.26 Å². The molecule has 1 unspecified atom stereocenters. The fraction of sp³-hybridized carbons (Fsp3) is 0.250. The van der Waals surface area contributed by atoms with Crippen LogP contribution in [-0.2, 0) is 9.84 Å². The van der Waals surface area contributed by atoms with Crippen LogP contribution in [0.15, 0.2) is 51.9 Å². The third-order valence-electron chi connectivity index (χ3n) is 3.97. The zero-order valence-corrected chi connectivity index (χ0v) is 17.8. The average molecular weight is 447 g/mol. The number of nitrogens with zero attached hydrogens (tertiary/aromatic N) is 2. The molecule has 2 N–H and O–H groups in total. The minimum Gasteiger partial charge on any atom is -0.488 e. The van der Waals surface area contributed by atoms with Gasteiger partial charge >= 0.3 is 6.01 Å². The second-order valence-corrected chi connectivity index (χ2v) is 8.77. The van der Waals surface area contributed by atoms with E-state index in [1.54, 1.807) is 19.9 Å². The molecule has 10 nitrogen and oxygen atoms in total. The Hall–Kier alpha value is -3.44. The molecule has 1 heterocycles. The second-order valence-electron chi connectivity index (χ2n) is 6.75. The number of aryl methyl sites for hydroxylation is 1. The Labute approximate surface area is 178 Å². The fourth-order valence-electron chi connectivity index (χ4n) is 2.51. The smallest absolute Gasteiger partial charge is 0.328 e. The number of aliphatic hydroxyl groups is 1. The Balaban J connectivity index is 1.88. The number of nitrogens with one attached hydrogen (secondary N) is 1. The van der Waals surface area contributed by atoms with Crippen LogP contribution in [0.2, 0.25) is 0 Å². The molecule has 0 spiro atoms. The molecule has 1 aromatic heterocycles. The van der Waals surface area contributed by atoms with Crippen molar-refractivity contribution in [2.24, 2.45) is 0 Å². The number of amides is 1. The van der Waals surface area contributed by atoms with Gasteiger partial charge in [0.1, 0.15) is 23.4 Å². The van der Waals surface area contributed by atoms with Crippen LogP contribution >= 0.6 is 0 Å². The molecular formula is C20H21N3O7S. The van der Waals surface area contributed by atoms with E-state index in [2.05, 4.69) is 15.5 Å². The van der Waals surface area contributed by atoms with Crippen LogP contribution in [0.4, 0.5) is 6.01 Å². The first kappa shape index (κ1) is 22.2. The summed E-state index contributed by atoms with van der Waals surface area (Å²) in [6, 6.07) is 10.3. The quantitative estimate of drug-likeness (QED) is 0.533. The summed E-state index contributed by atoms with van der Waals surface area (Å²) in [6.07, 6.45) is 0.598. The molecule has 0 fully saturated rings. The Morgan fingerprint density at radius 2 is 1.84 bits per heavy atom. The lowest BCUT2D eigenvalue weighted by atomic mass is 10.2. The Morgan fingerprint density at radius 1 is 1.16 bits per heavy atom. The molecule has 0 saturated carbocycles.